The molecule has 0 saturated carbocycles. The number of rotatable bonds is 2. The molecule has 2 heterocycles. The Hall–Kier alpha value is -1.83. The number of likely N-dealkylation sites (tertiary alicyclic amines) is 1. The fourth-order valence-electron chi connectivity index (χ4n) is 2.51. The Kier molecular flexibility index (Phi) is 4.43. The number of morpholine rings is 1. The van der Waals surface area contributed by atoms with Crippen LogP contribution in [0.5, 0.6) is 0 Å². The summed E-state index contributed by atoms with van der Waals surface area (Å²) in [6, 6.07) is -1.32. The number of methoxy groups -OCH3 is 1. The Labute approximate surface area is 116 Å². The zero-order valence-corrected chi connectivity index (χ0v) is 11.3. The third-order valence-electron chi connectivity index (χ3n) is 3.65. The van der Waals surface area contributed by atoms with Crippen molar-refractivity contribution < 1.29 is 29.0 Å². The van der Waals surface area contributed by atoms with Crippen LogP contribution >= 0.6 is 0 Å². The molecule has 2 unspecified atom stereocenters. The van der Waals surface area contributed by atoms with Crippen molar-refractivity contribution in [1.82, 2.24) is 9.80 Å². The molecule has 1 N–H and O–H groups in total. The standard InChI is InChI=1S/C12H18N2O6/c1-19-11(17)8-2-3-13(6-8)12(18)14-4-5-20-7-9(14)10(15)16/h8-9H,2-7H2,1H3,(H,15,16). The van der Waals surface area contributed by atoms with Gasteiger partial charge in [-0.25, -0.2) is 9.59 Å². The van der Waals surface area contributed by atoms with E-state index in [0.29, 0.717) is 19.6 Å². The molecule has 0 aromatic heterocycles. The SMILES string of the molecule is COC(=O)C1CCN(C(=O)N2CCOCC2C(=O)O)C1. The minimum atomic E-state index is -1.08. The molecule has 2 fully saturated rings. The lowest BCUT2D eigenvalue weighted by atomic mass is 10.1. The molecule has 0 aliphatic carbocycles. The molecule has 0 bridgehead atoms. The van der Waals surface area contributed by atoms with Gasteiger partial charge in [-0.2, -0.15) is 0 Å². The van der Waals surface area contributed by atoms with Gasteiger partial charge < -0.3 is 24.4 Å². The average Bonchev–Trinajstić information content (AvgIpc) is 2.95. The van der Waals surface area contributed by atoms with Gasteiger partial charge in [0.25, 0.3) is 0 Å². The number of carboxylic acid groups (broad SMARTS) is 1. The Bertz CT molecular complexity index is 413. The molecule has 0 radical (unpaired) electrons. The third kappa shape index (κ3) is 2.84. The topological polar surface area (TPSA) is 96.4 Å². The van der Waals surface area contributed by atoms with E-state index in [4.69, 9.17) is 9.84 Å². The number of carbonyl (C=O) groups excluding carboxylic acids is 2. The maximum atomic E-state index is 12.4. The summed E-state index contributed by atoms with van der Waals surface area (Å²) >= 11 is 0. The van der Waals surface area contributed by atoms with E-state index >= 15 is 0 Å². The quantitative estimate of drug-likeness (QED) is 0.680. The van der Waals surface area contributed by atoms with Crippen LogP contribution in [0, 0.1) is 5.92 Å². The van der Waals surface area contributed by atoms with Crippen molar-refractivity contribution in [3.8, 4) is 0 Å². The highest BCUT2D eigenvalue weighted by atomic mass is 16.5. The second kappa shape index (κ2) is 6.08. The maximum absolute atomic E-state index is 12.4. The molecule has 0 aromatic rings. The molecule has 2 rings (SSSR count). The monoisotopic (exact) mass is 286 g/mol. The molecule has 2 aliphatic heterocycles. The van der Waals surface area contributed by atoms with Gasteiger partial charge in [-0.3, -0.25) is 4.79 Å². The number of urea groups is 1. The fraction of sp³-hybridized carbons (Fsp3) is 0.750. The van der Waals surface area contributed by atoms with Gasteiger partial charge in [-0.15, -0.1) is 0 Å². The van der Waals surface area contributed by atoms with Crippen LogP contribution in [0.15, 0.2) is 0 Å². The highest BCUT2D eigenvalue weighted by Gasteiger charge is 2.39. The first-order valence-corrected chi connectivity index (χ1v) is 6.48. The van der Waals surface area contributed by atoms with Crippen LogP contribution < -0.4 is 0 Å². The van der Waals surface area contributed by atoms with Gasteiger partial charge in [0.05, 0.1) is 26.2 Å². The van der Waals surface area contributed by atoms with E-state index < -0.39 is 12.0 Å². The number of amides is 2. The average molecular weight is 286 g/mol. The molecule has 2 aliphatic rings. The van der Waals surface area contributed by atoms with Crippen molar-refractivity contribution in [1.29, 1.82) is 0 Å². The molecule has 2 amide bonds. The van der Waals surface area contributed by atoms with Gasteiger partial charge in [0.2, 0.25) is 0 Å². The molecular weight excluding hydrogens is 268 g/mol. The Balaban J connectivity index is 2.00. The Morgan fingerprint density at radius 1 is 1.30 bits per heavy atom. The molecular formula is C12H18N2O6. The van der Waals surface area contributed by atoms with Gasteiger partial charge in [0, 0.05) is 19.6 Å². The molecule has 2 saturated heterocycles. The van der Waals surface area contributed by atoms with Crippen molar-refractivity contribution in [3.63, 3.8) is 0 Å². The number of esters is 1. The summed E-state index contributed by atoms with van der Waals surface area (Å²) in [5.74, 6) is -1.74. The molecule has 20 heavy (non-hydrogen) atoms. The zero-order valence-electron chi connectivity index (χ0n) is 11.3. The second-order valence-electron chi connectivity index (χ2n) is 4.86. The van der Waals surface area contributed by atoms with Gasteiger partial charge in [0.1, 0.15) is 0 Å². The van der Waals surface area contributed by atoms with Crippen molar-refractivity contribution in [3.05, 3.63) is 0 Å². The van der Waals surface area contributed by atoms with Crippen LogP contribution in [0.4, 0.5) is 4.79 Å². The van der Waals surface area contributed by atoms with Crippen molar-refractivity contribution >= 4 is 18.0 Å². The second-order valence-corrected chi connectivity index (χ2v) is 4.86. The smallest absolute Gasteiger partial charge is 0.328 e. The van der Waals surface area contributed by atoms with Gasteiger partial charge in [0.15, 0.2) is 6.04 Å². The lowest BCUT2D eigenvalue weighted by Crippen LogP contribution is -2.56. The van der Waals surface area contributed by atoms with E-state index in [2.05, 4.69) is 4.74 Å². The predicted octanol–water partition coefficient (Wildman–Crippen LogP) is -0.613. The lowest BCUT2D eigenvalue weighted by molar-refractivity contribution is -0.148. The Morgan fingerprint density at radius 2 is 2.05 bits per heavy atom. The highest BCUT2D eigenvalue weighted by Crippen LogP contribution is 2.20. The minimum absolute atomic E-state index is 0.00462. The van der Waals surface area contributed by atoms with E-state index in [1.807, 2.05) is 0 Å². The van der Waals surface area contributed by atoms with Crippen molar-refractivity contribution in [2.24, 2.45) is 5.92 Å². The molecule has 8 heteroatoms. The van der Waals surface area contributed by atoms with Crippen LogP contribution in [0.2, 0.25) is 0 Å². The molecule has 0 aromatic carbocycles. The number of carboxylic acids is 1. The van der Waals surface area contributed by atoms with E-state index in [9.17, 15) is 14.4 Å². The first-order valence-electron chi connectivity index (χ1n) is 6.48. The molecule has 8 nitrogen and oxygen atoms in total. The molecule has 2 atom stereocenters. The van der Waals surface area contributed by atoms with E-state index in [1.165, 1.54) is 16.9 Å². The summed E-state index contributed by atoms with van der Waals surface area (Å²) in [4.78, 5) is 37.7. The summed E-state index contributed by atoms with van der Waals surface area (Å²) in [6.07, 6.45) is 0.542. The van der Waals surface area contributed by atoms with Crippen LogP contribution in [0.1, 0.15) is 6.42 Å². The molecule has 0 spiro atoms. The van der Waals surface area contributed by atoms with Crippen LogP contribution in [0.25, 0.3) is 0 Å². The first-order chi connectivity index (χ1) is 9.54. The predicted molar refractivity (Wildman–Crippen MR) is 66.0 cm³/mol. The van der Waals surface area contributed by atoms with E-state index in [0.717, 1.165) is 0 Å². The van der Waals surface area contributed by atoms with Crippen LogP contribution in [-0.2, 0) is 19.1 Å². The van der Waals surface area contributed by atoms with Gasteiger partial charge in [-0.1, -0.05) is 0 Å². The van der Waals surface area contributed by atoms with E-state index in [1.54, 1.807) is 0 Å². The van der Waals surface area contributed by atoms with Crippen LogP contribution in [-0.4, -0.2) is 78.9 Å². The summed E-state index contributed by atoms with van der Waals surface area (Å²) in [5.41, 5.74) is 0. The number of aliphatic carboxylic acids is 1. The first kappa shape index (κ1) is 14.6. The maximum Gasteiger partial charge on any atom is 0.328 e. The number of carbonyl (C=O) groups is 3. The number of nitrogens with zero attached hydrogens (tertiary/aromatic N) is 2. The largest absolute Gasteiger partial charge is 0.480 e. The summed E-state index contributed by atoms with van der Waals surface area (Å²) < 4.78 is 9.76. The lowest BCUT2D eigenvalue weighted by Gasteiger charge is -2.35. The zero-order chi connectivity index (χ0) is 14.7. The number of hydrogen-bond donors (Lipinski definition) is 1. The fourth-order valence-corrected chi connectivity index (χ4v) is 2.51. The highest BCUT2D eigenvalue weighted by molar-refractivity contribution is 5.84. The van der Waals surface area contributed by atoms with E-state index in [-0.39, 0.29) is 37.6 Å². The summed E-state index contributed by atoms with van der Waals surface area (Å²) in [7, 11) is 1.31. The number of ether oxygens (including phenoxy) is 2. The van der Waals surface area contributed by atoms with Crippen molar-refractivity contribution in [2.45, 2.75) is 12.5 Å². The third-order valence-corrected chi connectivity index (χ3v) is 3.65. The van der Waals surface area contributed by atoms with Gasteiger partial charge >= 0.3 is 18.0 Å². The molecule has 112 valence electrons. The summed E-state index contributed by atoms with van der Waals surface area (Å²) in [6.45, 7) is 1.27. The number of hydrogen-bond acceptors (Lipinski definition) is 5. The van der Waals surface area contributed by atoms with Gasteiger partial charge in [-0.05, 0) is 6.42 Å². The summed E-state index contributed by atoms with van der Waals surface area (Å²) in [5, 5.41) is 9.11. The minimum Gasteiger partial charge on any atom is -0.480 e. The van der Waals surface area contributed by atoms with Crippen LogP contribution in [0.3, 0.4) is 0 Å². The Morgan fingerprint density at radius 3 is 2.70 bits per heavy atom. The normalized spacial score (nSPS) is 26.4. The van der Waals surface area contributed by atoms with Crippen molar-refractivity contribution in [2.75, 3.05) is 40.0 Å².